The van der Waals surface area contributed by atoms with Gasteiger partial charge in [-0.25, -0.2) is 4.79 Å². The quantitative estimate of drug-likeness (QED) is 0.0648. The first-order valence-corrected chi connectivity index (χ1v) is 13.6. The van der Waals surface area contributed by atoms with Crippen LogP contribution in [0.5, 0.6) is 0 Å². The Hall–Kier alpha value is -2.46. The zero-order valence-electron chi connectivity index (χ0n) is 23.5. The second-order valence-electron chi connectivity index (χ2n) is 10.2. The molecule has 1 atom stereocenters. The number of aliphatic hydroxyl groups excluding tert-OH is 1. The molecule has 38 heavy (non-hydrogen) atoms. The van der Waals surface area contributed by atoms with Gasteiger partial charge in [0.15, 0.2) is 0 Å². The second kappa shape index (κ2) is 22.5. The van der Waals surface area contributed by atoms with Gasteiger partial charge in [0.05, 0.1) is 19.8 Å². The van der Waals surface area contributed by atoms with Crippen molar-refractivity contribution in [2.24, 2.45) is 5.41 Å². The first-order valence-electron chi connectivity index (χ1n) is 13.6. The van der Waals surface area contributed by atoms with E-state index in [-0.39, 0.29) is 37.0 Å². The molecule has 0 saturated heterocycles. The van der Waals surface area contributed by atoms with Gasteiger partial charge in [-0.2, -0.15) is 0 Å². The van der Waals surface area contributed by atoms with E-state index >= 15 is 0 Å². The highest BCUT2D eigenvalue weighted by molar-refractivity contribution is 5.81. The summed E-state index contributed by atoms with van der Waals surface area (Å²) < 4.78 is 25.4. The maximum absolute atomic E-state index is 11.8. The number of ether oxygens (including phenoxy) is 5. The van der Waals surface area contributed by atoms with E-state index in [2.05, 4.69) is 27.4 Å². The molecule has 0 spiro atoms. The Morgan fingerprint density at radius 3 is 1.79 bits per heavy atom. The zero-order valence-corrected chi connectivity index (χ0v) is 23.5. The number of hydrogen-bond donors (Lipinski definition) is 1. The Morgan fingerprint density at radius 1 is 0.711 bits per heavy atom. The summed E-state index contributed by atoms with van der Waals surface area (Å²) in [6.07, 6.45) is 6.73. The molecule has 0 heterocycles. The molecule has 0 saturated carbocycles. The molecule has 0 radical (unpaired) electrons. The Balaban J connectivity index is 3.53. The van der Waals surface area contributed by atoms with Gasteiger partial charge in [-0.3, -0.25) is 14.4 Å². The molecule has 0 aromatic rings. The molecule has 1 unspecified atom stereocenters. The Kier molecular flexibility index (Phi) is 21.1. The third-order valence-corrected chi connectivity index (χ3v) is 5.28. The monoisotopic (exact) mass is 544 g/mol. The van der Waals surface area contributed by atoms with Crippen molar-refractivity contribution in [2.45, 2.75) is 104 Å². The molecule has 0 aliphatic heterocycles. The van der Waals surface area contributed by atoms with Crippen molar-refractivity contribution < 1.29 is 48.0 Å². The summed E-state index contributed by atoms with van der Waals surface area (Å²) in [5, 5.41) is 9.76. The van der Waals surface area contributed by atoms with Crippen LogP contribution in [0, 0.1) is 5.41 Å². The lowest BCUT2D eigenvalue weighted by Crippen LogP contribution is -2.23. The predicted octanol–water partition coefficient (Wildman–Crippen LogP) is 4.41. The molecule has 10 nitrogen and oxygen atoms in total. The molecule has 0 aliphatic rings. The fraction of sp³-hybridized carbons (Fsp3) is 0.786. The van der Waals surface area contributed by atoms with Crippen molar-refractivity contribution >= 4 is 23.9 Å². The minimum atomic E-state index is -1.33. The molecular weight excluding hydrogens is 496 g/mol. The van der Waals surface area contributed by atoms with E-state index in [0.29, 0.717) is 77.6 Å². The van der Waals surface area contributed by atoms with Crippen LogP contribution >= 0.6 is 0 Å². The number of hydrogen-bond acceptors (Lipinski definition) is 10. The summed E-state index contributed by atoms with van der Waals surface area (Å²) >= 11 is 0. The fourth-order valence-electron chi connectivity index (χ4n) is 3.06. The van der Waals surface area contributed by atoms with E-state index in [1.165, 1.54) is 0 Å². The number of esters is 4. The summed E-state index contributed by atoms with van der Waals surface area (Å²) in [6, 6.07) is 0. The topological polar surface area (TPSA) is 135 Å². The summed E-state index contributed by atoms with van der Waals surface area (Å²) in [7, 11) is 0. The minimum Gasteiger partial charge on any atom is -0.466 e. The van der Waals surface area contributed by atoms with Crippen molar-refractivity contribution in [2.75, 3.05) is 33.0 Å². The molecule has 0 bridgehead atoms. The van der Waals surface area contributed by atoms with Gasteiger partial charge in [0.25, 0.3) is 0 Å². The lowest BCUT2D eigenvalue weighted by atomic mass is 9.91. The van der Waals surface area contributed by atoms with Crippen LogP contribution in [-0.4, -0.2) is 68.3 Å². The van der Waals surface area contributed by atoms with Crippen molar-refractivity contribution in [3.63, 3.8) is 0 Å². The van der Waals surface area contributed by atoms with E-state index in [9.17, 15) is 24.3 Å². The van der Waals surface area contributed by atoms with Gasteiger partial charge in [-0.1, -0.05) is 27.4 Å². The molecule has 0 aliphatic carbocycles. The largest absolute Gasteiger partial charge is 0.466 e. The molecule has 0 aromatic carbocycles. The summed E-state index contributed by atoms with van der Waals surface area (Å²) in [6.45, 7) is 10.7. The summed E-state index contributed by atoms with van der Waals surface area (Å²) in [4.78, 5) is 46.0. The molecule has 1 N–H and O–H groups in total. The average molecular weight is 545 g/mol. The van der Waals surface area contributed by atoms with Crippen LogP contribution in [0.15, 0.2) is 12.7 Å². The molecular formula is C28H48O10. The Bertz CT molecular complexity index is 684. The van der Waals surface area contributed by atoms with E-state index < -0.39 is 18.2 Å². The van der Waals surface area contributed by atoms with Crippen LogP contribution < -0.4 is 0 Å². The Morgan fingerprint density at radius 2 is 1.21 bits per heavy atom. The SMILES string of the molecule is C=CC(=O)OCCCCCC(=O)OCCCCCC(=O)OC(O)COCCCCOC(=O)CCC(C)(C)C. The van der Waals surface area contributed by atoms with Crippen LogP contribution in [0.4, 0.5) is 0 Å². The highest BCUT2D eigenvalue weighted by atomic mass is 16.7. The van der Waals surface area contributed by atoms with Crippen LogP contribution in [0.3, 0.4) is 0 Å². The van der Waals surface area contributed by atoms with Gasteiger partial charge in [0.2, 0.25) is 6.29 Å². The molecule has 0 rings (SSSR count). The van der Waals surface area contributed by atoms with E-state index in [1.807, 2.05) is 0 Å². The summed E-state index contributed by atoms with van der Waals surface area (Å²) in [5.41, 5.74) is 0.0995. The average Bonchev–Trinajstić information content (AvgIpc) is 2.85. The standard InChI is InChI=1S/C28H48O10/c1-5-23(29)35-19-10-6-8-14-24(30)36-20-11-7-9-15-26(32)38-27(33)22-34-18-12-13-21-37-25(31)16-17-28(2,3)4/h5,27,33H,1,6-22H2,2-4H3. The van der Waals surface area contributed by atoms with Gasteiger partial charge in [-0.15, -0.1) is 0 Å². The van der Waals surface area contributed by atoms with Crippen molar-refractivity contribution in [1.82, 2.24) is 0 Å². The van der Waals surface area contributed by atoms with E-state index in [4.69, 9.17) is 23.7 Å². The first kappa shape index (κ1) is 35.5. The van der Waals surface area contributed by atoms with Crippen molar-refractivity contribution in [3.8, 4) is 0 Å². The number of rotatable bonds is 23. The maximum Gasteiger partial charge on any atom is 0.330 e. The lowest BCUT2D eigenvalue weighted by Gasteiger charge is -2.16. The zero-order chi connectivity index (χ0) is 28.7. The van der Waals surface area contributed by atoms with Crippen LogP contribution in [0.25, 0.3) is 0 Å². The number of carbonyl (C=O) groups is 4. The number of unbranched alkanes of at least 4 members (excludes halogenated alkanes) is 5. The smallest absolute Gasteiger partial charge is 0.330 e. The molecule has 0 fully saturated rings. The molecule has 0 aromatic heterocycles. The number of carbonyl (C=O) groups excluding carboxylic acids is 4. The first-order chi connectivity index (χ1) is 18.0. The van der Waals surface area contributed by atoms with E-state index in [0.717, 1.165) is 18.9 Å². The predicted molar refractivity (Wildman–Crippen MR) is 141 cm³/mol. The number of aliphatic hydroxyl groups is 1. The highest BCUT2D eigenvalue weighted by Gasteiger charge is 2.14. The van der Waals surface area contributed by atoms with Gasteiger partial charge in [-0.05, 0) is 63.2 Å². The summed E-state index contributed by atoms with van der Waals surface area (Å²) in [5.74, 6) is -1.43. The van der Waals surface area contributed by atoms with Crippen molar-refractivity contribution in [3.05, 3.63) is 12.7 Å². The van der Waals surface area contributed by atoms with E-state index in [1.54, 1.807) is 0 Å². The lowest BCUT2D eigenvalue weighted by molar-refractivity contribution is -0.177. The minimum absolute atomic E-state index is 0.0995. The van der Waals surface area contributed by atoms with Gasteiger partial charge in [0.1, 0.15) is 6.61 Å². The molecule has 0 amide bonds. The van der Waals surface area contributed by atoms with Gasteiger partial charge < -0.3 is 28.8 Å². The third kappa shape index (κ3) is 25.2. The normalized spacial score (nSPS) is 11.9. The van der Waals surface area contributed by atoms with Crippen molar-refractivity contribution in [1.29, 1.82) is 0 Å². The third-order valence-electron chi connectivity index (χ3n) is 5.28. The molecule has 220 valence electrons. The van der Waals surface area contributed by atoms with Crippen LogP contribution in [0.2, 0.25) is 0 Å². The van der Waals surface area contributed by atoms with Crippen LogP contribution in [0.1, 0.15) is 97.8 Å². The van der Waals surface area contributed by atoms with Gasteiger partial charge >= 0.3 is 23.9 Å². The second-order valence-corrected chi connectivity index (χ2v) is 10.2. The Labute approximate surface area is 227 Å². The molecule has 10 heteroatoms. The van der Waals surface area contributed by atoms with Crippen LogP contribution in [-0.2, 0) is 42.9 Å². The van der Waals surface area contributed by atoms with Gasteiger partial charge in [0, 0.05) is 31.9 Å². The fourth-order valence-corrected chi connectivity index (χ4v) is 3.06. The highest BCUT2D eigenvalue weighted by Crippen LogP contribution is 2.20. The maximum atomic E-state index is 11.8.